The first-order valence-electron chi connectivity index (χ1n) is 6.59. The maximum atomic E-state index is 5.65. The quantitative estimate of drug-likeness (QED) is 0.844. The highest BCUT2D eigenvalue weighted by molar-refractivity contribution is 9.10. The number of nitrogens with zero attached hydrogens (tertiary/aromatic N) is 1. The smallest absolute Gasteiger partial charge is 0.261 e. The predicted octanol–water partition coefficient (Wildman–Crippen LogP) is 4.70. The van der Waals surface area contributed by atoms with E-state index in [-0.39, 0.29) is 0 Å². The van der Waals surface area contributed by atoms with Crippen LogP contribution in [0.3, 0.4) is 0 Å². The summed E-state index contributed by atoms with van der Waals surface area (Å²) < 4.78 is 6.72. The van der Waals surface area contributed by atoms with E-state index < -0.39 is 0 Å². The summed E-state index contributed by atoms with van der Waals surface area (Å²) in [5.41, 5.74) is 2.20. The Balaban J connectivity index is 2.22. The van der Waals surface area contributed by atoms with Crippen LogP contribution in [0.5, 0.6) is 0 Å². The third-order valence-corrected chi connectivity index (χ3v) is 4.38. The van der Waals surface area contributed by atoms with E-state index in [1.807, 2.05) is 13.8 Å². The molecule has 2 rings (SSSR count). The Labute approximate surface area is 132 Å². The predicted molar refractivity (Wildman–Crippen MR) is 86.2 cm³/mol. The fourth-order valence-corrected chi connectivity index (χ4v) is 3.17. The molecule has 0 saturated heterocycles. The minimum atomic E-state index is 0.461. The van der Waals surface area contributed by atoms with Crippen LogP contribution in [0.25, 0.3) is 0 Å². The summed E-state index contributed by atoms with van der Waals surface area (Å²) in [6, 6.07) is 6.76. The van der Waals surface area contributed by atoms with Gasteiger partial charge in [-0.25, -0.2) is 4.98 Å². The molecule has 0 unspecified atom stereocenters. The van der Waals surface area contributed by atoms with Gasteiger partial charge in [0.05, 0.1) is 5.69 Å². The van der Waals surface area contributed by atoms with Crippen LogP contribution in [-0.4, -0.2) is 11.0 Å². The van der Waals surface area contributed by atoms with Crippen LogP contribution >= 0.6 is 27.7 Å². The van der Waals surface area contributed by atoms with Crippen LogP contribution in [0.15, 0.2) is 37.2 Å². The topological polar surface area (TPSA) is 38.1 Å². The standard InChI is InChI=1S/C15H19BrN2OS/c1-9(2)17-8-12-5-6-13(16)7-14(12)20-15-18-10(3)11(4)19-15/h5-7,9,17H,8H2,1-4H3. The molecule has 0 aliphatic rings. The Kier molecular flexibility index (Phi) is 5.29. The van der Waals surface area contributed by atoms with Crippen molar-refractivity contribution in [3.05, 3.63) is 39.7 Å². The second-order valence-corrected chi connectivity index (χ2v) is 6.92. The van der Waals surface area contributed by atoms with Gasteiger partial charge in [0, 0.05) is 22.0 Å². The van der Waals surface area contributed by atoms with Crippen LogP contribution in [0.4, 0.5) is 0 Å². The first-order valence-corrected chi connectivity index (χ1v) is 8.20. The molecule has 0 saturated carbocycles. The van der Waals surface area contributed by atoms with E-state index in [2.05, 4.69) is 58.3 Å². The van der Waals surface area contributed by atoms with Crippen LogP contribution in [0.1, 0.15) is 30.9 Å². The highest BCUT2D eigenvalue weighted by Crippen LogP contribution is 2.33. The lowest BCUT2D eigenvalue weighted by Crippen LogP contribution is -2.22. The number of oxazole rings is 1. The number of hydrogen-bond donors (Lipinski definition) is 1. The van der Waals surface area contributed by atoms with Crippen molar-refractivity contribution < 1.29 is 4.42 Å². The largest absolute Gasteiger partial charge is 0.436 e. The highest BCUT2D eigenvalue weighted by Gasteiger charge is 2.11. The van der Waals surface area contributed by atoms with Gasteiger partial charge in [-0.15, -0.1) is 0 Å². The molecule has 0 radical (unpaired) electrons. The Morgan fingerprint density at radius 1 is 1.35 bits per heavy atom. The van der Waals surface area contributed by atoms with Gasteiger partial charge in [-0.2, -0.15) is 0 Å². The van der Waals surface area contributed by atoms with Crippen molar-refractivity contribution in [3.8, 4) is 0 Å². The number of nitrogens with one attached hydrogen (secondary N) is 1. The van der Waals surface area contributed by atoms with Crippen LogP contribution in [0.2, 0.25) is 0 Å². The summed E-state index contributed by atoms with van der Waals surface area (Å²) in [7, 11) is 0. The second-order valence-electron chi connectivity index (χ2n) is 5.01. The molecule has 1 aromatic carbocycles. The van der Waals surface area contributed by atoms with Crippen molar-refractivity contribution in [2.75, 3.05) is 0 Å². The first-order chi connectivity index (χ1) is 9.45. The fraction of sp³-hybridized carbons (Fsp3) is 0.400. The summed E-state index contributed by atoms with van der Waals surface area (Å²) in [5, 5.41) is 4.14. The zero-order valence-electron chi connectivity index (χ0n) is 12.2. The average molecular weight is 355 g/mol. The molecule has 0 aliphatic carbocycles. The van der Waals surface area contributed by atoms with Crippen LogP contribution < -0.4 is 5.32 Å². The molecule has 1 aromatic heterocycles. The molecule has 0 atom stereocenters. The molecule has 1 heterocycles. The Bertz CT molecular complexity index is 576. The monoisotopic (exact) mass is 354 g/mol. The third-order valence-electron chi connectivity index (χ3n) is 2.94. The van der Waals surface area contributed by atoms with Crippen molar-refractivity contribution in [2.45, 2.75) is 50.4 Å². The molecule has 5 heteroatoms. The number of halogens is 1. The lowest BCUT2D eigenvalue weighted by Gasteiger charge is -2.11. The van der Waals surface area contributed by atoms with Gasteiger partial charge >= 0.3 is 0 Å². The summed E-state index contributed by atoms with van der Waals surface area (Å²) >= 11 is 5.09. The summed E-state index contributed by atoms with van der Waals surface area (Å²) in [6.45, 7) is 9.03. The molecule has 1 N–H and O–H groups in total. The Morgan fingerprint density at radius 2 is 2.10 bits per heavy atom. The van der Waals surface area contributed by atoms with Crippen LogP contribution in [0, 0.1) is 13.8 Å². The van der Waals surface area contributed by atoms with E-state index in [9.17, 15) is 0 Å². The van der Waals surface area contributed by atoms with Crippen molar-refractivity contribution in [1.82, 2.24) is 10.3 Å². The summed E-state index contributed by atoms with van der Waals surface area (Å²) in [6.07, 6.45) is 0. The zero-order valence-corrected chi connectivity index (χ0v) is 14.6. The van der Waals surface area contributed by atoms with Crippen molar-refractivity contribution in [2.24, 2.45) is 0 Å². The number of benzene rings is 1. The maximum Gasteiger partial charge on any atom is 0.261 e. The van der Waals surface area contributed by atoms with Gasteiger partial charge in [-0.05, 0) is 43.3 Å². The summed E-state index contributed by atoms with van der Waals surface area (Å²) in [4.78, 5) is 5.59. The third kappa shape index (κ3) is 4.11. The van der Waals surface area contributed by atoms with Gasteiger partial charge in [0.2, 0.25) is 0 Å². The molecule has 108 valence electrons. The fourth-order valence-electron chi connectivity index (χ4n) is 1.66. The van der Waals surface area contributed by atoms with Gasteiger partial charge in [-0.1, -0.05) is 35.8 Å². The number of aromatic nitrogens is 1. The molecular weight excluding hydrogens is 336 g/mol. The zero-order chi connectivity index (χ0) is 14.7. The van der Waals surface area contributed by atoms with Crippen molar-refractivity contribution >= 4 is 27.7 Å². The minimum Gasteiger partial charge on any atom is -0.436 e. The molecule has 0 spiro atoms. The number of aryl methyl sites for hydroxylation is 2. The molecule has 0 fully saturated rings. The van der Waals surface area contributed by atoms with E-state index >= 15 is 0 Å². The molecular formula is C15H19BrN2OS. The normalized spacial score (nSPS) is 11.3. The van der Waals surface area contributed by atoms with Crippen LogP contribution in [-0.2, 0) is 6.54 Å². The molecule has 0 bridgehead atoms. The van der Waals surface area contributed by atoms with Gasteiger partial charge < -0.3 is 9.73 Å². The number of rotatable bonds is 5. The van der Waals surface area contributed by atoms with E-state index in [1.54, 1.807) is 11.8 Å². The van der Waals surface area contributed by atoms with E-state index in [0.29, 0.717) is 11.3 Å². The molecule has 3 nitrogen and oxygen atoms in total. The second kappa shape index (κ2) is 6.78. The molecule has 0 aliphatic heterocycles. The maximum absolute atomic E-state index is 5.65. The van der Waals surface area contributed by atoms with Gasteiger partial charge in [0.15, 0.2) is 0 Å². The minimum absolute atomic E-state index is 0.461. The SMILES string of the molecule is Cc1nc(Sc2cc(Br)ccc2CNC(C)C)oc1C. The first kappa shape index (κ1) is 15.6. The van der Waals surface area contributed by atoms with E-state index in [1.165, 1.54) is 5.56 Å². The van der Waals surface area contributed by atoms with Crippen molar-refractivity contribution in [1.29, 1.82) is 0 Å². The van der Waals surface area contributed by atoms with Crippen molar-refractivity contribution in [3.63, 3.8) is 0 Å². The van der Waals surface area contributed by atoms with Gasteiger partial charge in [0.1, 0.15) is 5.76 Å². The van der Waals surface area contributed by atoms with E-state index in [0.717, 1.165) is 27.4 Å². The van der Waals surface area contributed by atoms with Gasteiger partial charge in [-0.3, -0.25) is 0 Å². The molecule has 20 heavy (non-hydrogen) atoms. The average Bonchev–Trinajstić information content (AvgIpc) is 2.67. The van der Waals surface area contributed by atoms with Gasteiger partial charge in [0.25, 0.3) is 5.22 Å². The molecule has 0 amide bonds. The Hall–Kier alpha value is -0.780. The Morgan fingerprint density at radius 3 is 2.70 bits per heavy atom. The highest BCUT2D eigenvalue weighted by atomic mass is 79.9. The van der Waals surface area contributed by atoms with E-state index in [4.69, 9.17) is 4.42 Å². The lowest BCUT2D eigenvalue weighted by atomic mass is 10.2. The number of hydrogen-bond acceptors (Lipinski definition) is 4. The molecule has 2 aromatic rings. The lowest BCUT2D eigenvalue weighted by molar-refractivity contribution is 0.431. The summed E-state index contributed by atoms with van der Waals surface area (Å²) in [5.74, 6) is 0.879.